The molecule has 1 atom stereocenters. The fourth-order valence-electron chi connectivity index (χ4n) is 4.64. The van der Waals surface area contributed by atoms with Gasteiger partial charge in [-0.05, 0) is 39.3 Å². The summed E-state index contributed by atoms with van der Waals surface area (Å²) in [6, 6.07) is 12.4. The van der Waals surface area contributed by atoms with Crippen LogP contribution in [0, 0.1) is 6.92 Å². The summed E-state index contributed by atoms with van der Waals surface area (Å²) in [5.41, 5.74) is 2.04. The predicted octanol–water partition coefficient (Wildman–Crippen LogP) is 4.30. The summed E-state index contributed by atoms with van der Waals surface area (Å²) in [5, 5.41) is 6.17. The van der Waals surface area contributed by atoms with E-state index >= 15 is 0 Å². The Morgan fingerprint density at radius 3 is 2.26 bits per heavy atom. The molecular formula is C31H40N6O6. The van der Waals surface area contributed by atoms with Crippen LogP contribution in [0.3, 0.4) is 0 Å². The fraction of sp³-hybridized carbons (Fsp3) is 0.419. The van der Waals surface area contributed by atoms with Crippen molar-refractivity contribution in [1.29, 1.82) is 0 Å². The highest BCUT2D eigenvalue weighted by Crippen LogP contribution is 2.40. The average Bonchev–Trinajstić information content (AvgIpc) is 2.99. The first-order chi connectivity index (χ1) is 20.5. The molecule has 230 valence electrons. The van der Waals surface area contributed by atoms with Crippen LogP contribution in [0.4, 0.5) is 22.2 Å². The maximum absolute atomic E-state index is 13.5. The van der Waals surface area contributed by atoms with Crippen molar-refractivity contribution in [2.45, 2.75) is 45.9 Å². The normalized spacial score (nSPS) is 15.0. The maximum atomic E-state index is 13.5. The number of carbonyl (C=O) groups is 2. The fourth-order valence-corrected chi connectivity index (χ4v) is 4.64. The predicted molar refractivity (Wildman–Crippen MR) is 163 cm³/mol. The number of nitrogens with zero attached hydrogens (tertiary/aromatic N) is 4. The first-order valence-corrected chi connectivity index (χ1v) is 14.0. The highest BCUT2D eigenvalue weighted by molar-refractivity contribution is 5.87. The molecule has 0 radical (unpaired) electrons. The number of hydrogen-bond donors (Lipinski definition) is 2. The standard InChI is InChI=1S/C31H40N6O6/c1-20-8-10-21(11-9-20)18-33-28(38)23-19-36(14-15-37(23)30(39)43-31(2,3)4)26-12-13-32-29(35-26)34-22-16-24(40-5)27(42-7)25(17-22)41-6/h8-13,16-17,23H,14-15,18-19H2,1-7H3,(H,33,38)(H,32,34,35). The second-order valence-electron chi connectivity index (χ2n) is 11.1. The van der Waals surface area contributed by atoms with E-state index in [-0.39, 0.29) is 19.0 Å². The zero-order valence-corrected chi connectivity index (χ0v) is 25.8. The summed E-state index contributed by atoms with van der Waals surface area (Å²) in [5.74, 6) is 2.10. The summed E-state index contributed by atoms with van der Waals surface area (Å²) < 4.78 is 21.9. The van der Waals surface area contributed by atoms with Crippen molar-refractivity contribution in [3.05, 3.63) is 59.8 Å². The summed E-state index contributed by atoms with van der Waals surface area (Å²) >= 11 is 0. The van der Waals surface area contributed by atoms with E-state index in [4.69, 9.17) is 23.9 Å². The van der Waals surface area contributed by atoms with Crippen molar-refractivity contribution in [3.63, 3.8) is 0 Å². The molecule has 3 aromatic rings. The molecule has 2 heterocycles. The quantitative estimate of drug-likeness (QED) is 0.371. The molecule has 4 rings (SSSR count). The van der Waals surface area contributed by atoms with Gasteiger partial charge in [-0.25, -0.2) is 9.78 Å². The smallest absolute Gasteiger partial charge is 0.411 e. The monoisotopic (exact) mass is 592 g/mol. The second-order valence-corrected chi connectivity index (χ2v) is 11.1. The Kier molecular flexibility index (Phi) is 9.79. The zero-order chi connectivity index (χ0) is 31.1. The third-order valence-corrected chi connectivity index (χ3v) is 6.78. The van der Waals surface area contributed by atoms with Crippen molar-refractivity contribution in [1.82, 2.24) is 20.2 Å². The lowest BCUT2D eigenvalue weighted by molar-refractivity contribution is -0.126. The topological polar surface area (TPSA) is 127 Å². The summed E-state index contributed by atoms with van der Waals surface area (Å²) in [6.07, 6.45) is 1.10. The highest BCUT2D eigenvalue weighted by atomic mass is 16.6. The van der Waals surface area contributed by atoms with E-state index in [2.05, 4.69) is 15.6 Å². The minimum atomic E-state index is -0.796. The van der Waals surface area contributed by atoms with Gasteiger partial charge in [-0.3, -0.25) is 9.69 Å². The van der Waals surface area contributed by atoms with Crippen LogP contribution >= 0.6 is 0 Å². The largest absolute Gasteiger partial charge is 0.493 e. The van der Waals surface area contributed by atoms with Gasteiger partial charge in [0, 0.05) is 50.2 Å². The van der Waals surface area contributed by atoms with Crippen LogP contribution < -0.4 is 29.7 Å². The van der Waals surface area contributed by atoms with Crippen molar-refractivity contribution in [3.8, 4) is 17.2 Å². The van der Waals surface area contributed by atoms with Gasteiger partial charge in [-0.1, -0.05) is 29.8 Å². The van der Waals surface area contributed by atoms with Crippen LogP contribution in [-0.2, 0) is 16.1 Å². The summed E-state index contributed by atoms with van der Waals surface area (Å²) in [7, 11) is 4.63. The number of aromatic nitrogens is 2. The summed E-state index contributed by atoms with van der Waals surface area (Å²) in [6.45, 7) is 8.70. The van der Waals surface area contributed by atoms with Crippen molar-refractivity contribution >= 4 is 29.5 Å². The number of nitrogens with one attached hydrogen (secondary N) is 2. The van der Waals surface area contributed by atoms with Gasteiger partial charge in [-0.15, -0.1) is 0 Å². The van der Waals surface area contributed by atoms with E-state index in [1.807, 2.05) is 36.1 Å². The number of ether oxygens (including phenoxy) is 4. The summed E-state index contributed by atoms with van der Waals surface area (Å²) in [4.78, 5) is 39.1. The maximum Gasteiger partial charge on any atom is 0.411 e. The molecule has 2 amide bonds. The van der Waals surface area contributed by atoms with Crippen LogP contribution in [0.5, 0.6) is 17.2 Å². The Morgan fingerprint density at radius 2 is 1.65 bits per heavy atom. The van der Waals surface area contributed by atoms with E-state index in [0.29, 0.717) is 47.8 Å². The third-order valence-electron chi connectivity index (χ3n) is 6.78. The lowest BCUT2D eigenvalue weighted by atomic mass is 10.1. The molecule has 0 spiro atoms. The highest BCUT2D eigenvalue weighted by Gasteiger charge is 2.38. The van der Waals surface area contributed by atoms with Gasteiger partial charge in [0.05, 0.1) is 21.3 Å². The van der Waals surface area contributed by atoms with Gasteiger partial charge in [0.1, 0.15) is 17.5 Å². The van der Waals surface area contributed by atoms with E-state index in [1.165, 1.54) is 4.90 Å². The molecule has 2 aromatic carbocycles. The molecule has 1 aliphatic rings. The van der Waals surface area contributed by atoms with E-state index in [1.54, 1.807) is 66.5 Å². The van der Waals surface area contributed by atoms with Gasteiger partial charge < -0.3 is 34.5 Å². The molecule has 1 aliphatic heterocycles. The molecule has 0 aliphatic carbocycles. The van der Waals surface area contributed by atoms with E-state index in [0.717, 1.165) is 11.1 Å². The Balaban J connectivity index is 1.54. The first kappa shape index (κ1) is 31.2. The van der Waals surface area contributed by atoms with Crippen molar-refractivity contribution in [2.75, 3.05) is 51.2 Å². The molecular weight excluding hydrogens is 552 g/mol. The molecule has 0 saturated carbocycles. The van der Waals surface area contributed by atoms with Gasteiger partial charge >= 0.3 is 6.09 Å². The SMILES string of the molecule is COc1cc(Nc2nccc(N3CCN(C(=O)OC(C)(C)C)C(C(=O)NCc4ccc(C)cc4)C3)n2)cc(OC)c1OC. The zero-order valence-electron chi connectivity index (χ0n) is 25.8. The lowest BCUT2D eigenvalue weighted by Crippen LogP contribution is -2.61. The van der Waals surface area contributed by atoms with Crippen LogP contribution in [0.2, 0.25) is 0 Å². The van der Waals surface area contributed by atoms with Gasteiger partial charge in [0.15, 0.2) is 11.5 Å². The molecule has 2 N–H and O–H groups in total. The molecule has 43 heavy (non-hydrogen) atoms. The van der Waals surface area contributed by atoms with Gasteiger partial charge in [0.25, 0.3) is 0 Å². The number of aryl methyl sites for hydroxylation is 1. The van der Waals surface area contributed by atoms with Crippen molar-refractivity contribution < 1.29 is 28.5 Å². The Morgan fingerprint density at radius 1 is 0.977 bits per heavy atom. The minimum absolute atomic E-state index is 0.222. The third kappa shape index (κ3) is 7.97. The number of piperazine rings is 1. The number of benzene rings is 2. The van der Waals surface area contributed by atoms with Crippen molar-refractivity contribution in [2.24, 2.45) is 0 Å². The van der Waals surface area contributed by atoms with Crippen LogP contribution in [-0.4, -0.2) is 79.5 Å². The number of hydrogen-bond acceptors (Lipinski definition) is 10. The Labute approximate surface area is 252 Å². The first-order valence-electron chi connectivity index (χ1n) is 14.0. The molecule has 1 fully saturated rings. The van der Waals surface area contributed by atoms with Gasteiger partial charge in [-0.2, -0.15) is 4.98 Å². The van der Waals surface area contributed by atoms with Gasteiger partial charge in [0.2, 0.25) is 17.6 Å². The molecule has 1 aromatic heterocycles. The van der Waals surface area contributed by atoms with E-state index in [9.17, 15) is 9.59 Å². The molecule has 1 saturated heterocycles. The number of methoxy groups -OCH3 is 3. The second kappa shape index (κ2) is 13.5. The number of anilines is 3. The average molecular weight is 593 g/mol. The molecule has 0 bridgehead atoms. The number of rotatable bonds is 9. The lowest BCUT2D eigenvalue weighted by Gasteiger charge is -2.41. The molecule has 12 heteroatoms. The van der Waals surface area contributed by atoms with E-state index < -0.39 is 17.7 Å². The van der Waals surface area contributed by atoms with Crippen LogP contribution in [0.15, 0.2) is 48.7 Å². The minimum Gasteiger partial charge on any atom is -0.493 e. The number of carbonyl (C=O) groups excluding carboxylic acids is 2. The molecule has 12 nitrogen and oxygen atoms in total. The Bertz CT molecular complexity index is 1400. The van der Waals surface area contributed by atoms with Crippen LogP contribution in [0.25, 0.3) is 0 Å². The van der Waals surface area contributed by atoms with Crippen LogP contribution in [0.1, 0.15) is 31.9 Å². The molecule has 1 unspecified atom stereocenters. The number of amides is 2. The Hall–Kier alpha value is -4.74.